The highest BCUT2D eigenvalue weighted by Crippen LogP contribution is 2.04. The standard InChI is InChI=1S/C5H10NO/c7-4-5-2-1-3-6-5/h4-7H,1-3H2. The predicted octanol–water partition coefficient (Wildman–Crippen LogP) is 0.273. The maximum Gasteiger partial charge on any atom is 0.0966 e. The van der Waals surface area contributed by atoms with Gasteiger partial charge in [0.25, 0.3) is 0 Å². The molecule has 1 aliphatic heterocycles. The molecule has 1 unspecified atom stereocenters. The van der Waals surface area contributed by atoms with E-state index in [4.69, 9.17) is 5.11 Å². The van der Waals surface area contributed by atoms with Crippen molar-refractivity contribution in [3.63, 3.8) is 0 Å². The maximum absolute atomic E-state index is 8.38. The predicted molar refractivity (Wildman–Crippen MR) is 27.3 cm³/mol. The van der Waals surface area contributed by atoms with E-state index in [0.29, 0.717) is 0 Å². The molecule has 2 N–H and O–H groups in total. The van der Waals surface area contributed by atoms with E-state index in [0.717, 1.165) is 13.0 Å². The molecule has 0 saturated carbocycles. The van der Waals surface area contributed by atoms with Gasteiger partial charge >= 0.3 is 0 Å². The number of hydrogen-bond acceptors (Lipinski definition) is 2. The van der Waals surface area contributed by atoms with Crippen molar-refractivity contribution in [2.75, 3.05) is 6.54 Å². The van der Waals surface area contributed by atoms with Crippen LogP contribution in [0.25, 0.3) is 0 Å². The van der Waals surface area contributed by atoms with Crippen LogP contribution in [0.15, 0.2) is 0 Å². The average molecular weight is 100 g/mol. The summed E-state index contributed by atoms with van der Waals surface area (Å²) in [5, 5.41) is 11.5. The van der Waals surface area contributed by atoms with Gasteiger partial charge in [0.05, 0.1) is 6.61 Å². The molecule has 0 bridgehead atoms. The molecule has 1 heterocycles. The van der Waals surface area contributed by atoms with Crippen molar-refractivity contribution >= 4 is 0 Å². The molecular formula is C5H10NO. The Labute approximate surface area is 43.5 Å². The molecule has 1 atom stereocenters. The molecule has 0 amide bonds. The molecule has 2 nitrogen and oxygen atoms in total. The van der Waals surface area contributed by atoms with Gasteiger partial charge in [-0.15, -0.1) is 0 Å². The lowest BCUT2D eigenvalue weighted by Crippen LogP contribution is -2.20. The highest BCUT2D eigenvalue weighted by atomic mass is 16.3. The molecule has 0 aliphatic carbocycles. The van der Waals surface area contributed by atoms with E-state index in [9.17, 15) is 0 Å². The smallest absolute Gasteiger partial charge is 0.0966 e. The SMILES string of the molecule is O[CH]C1CCCN1. The second-order valence-corrected chi connectivity index (χ2v) is 1.85. The number of aliphatic hydroxyl groups excluding tert-OH is 1. The Hall–Kier alpha value is -0.0800. The number of hydrogen-bond donors (Lipinski definition) is 2. The van der Waals surface area contributed by atoms with E-state index in [1.807, 2.05) is 0 Å². The molecule has 41 valence electrons. The molecule has 0 aromatic rings. The molecule has 0 spiro atoms. The van der Waals surface area contributed by atoms with Crippen LogP contribution in [-0.4, -0.2) is 17.7 Å². The maximum atomic E-state index is 8.38. The number of nitrogens with one attached hydrogen (secondary N) is 1. The highest BCUT2D eigenvalue weighted by molar-refractivity contribution is 4.79. The van der Waals surface area contributed by atoms with Crippen LogP contribution in [0, 0.1) is 6.61 Å². The van der Waals surface area contributed by atoms with Crippen molar-refractivity contribution in [1.29, 1.82) is 0 Å². The van der Waals surface area contributed by atoms with Gasteiger partial charge in [-0.1, -0.05) is 0 Å². The first-order valence-electron chi connectivity index (χ1n) is 2.64. The normalized spacial score (nSPS) is 31.3. The lowest BCUT2D eigenvalue weighted by Gasteiger charge is -2.00. The van der Waals surface area contributed by atoms with Crippen LogP contribution in [0.4, 0.5) is 0 Å². The van der Waals surface area contributed by atoms with Crippen molar-refractivity contribution in [3.05, 3.63) is 6.61 Å². The number of aliphatic hydroxyl groups is 1. The van der Waals surface area contributed by atoms with Crippen molar-refractivity contribution in [3.8, 4) is 0 Å². The van der Waals surface area contributed by atoms with Crippen LogP contribution >= 0.6 is 0 Å². The second kappa shape index (κ2) is 2.28. The van der Waals surface area contributed by atoms with E-state index < -0.39 is 0 Å². The van der Waals surface area contributed by atoms with Gasteiger partial charge < -0.3 is 10.4 Å². The van der Waals surface area contributed by atoms with Crippen molar-refractivity contribution < 1.29 is 5.11 Å². The lowest BCUT2D eigenvalue weighted by atomic mass is 10.2. The molecule has 1 saturated heterocycles. The summed E-state index contributed by atoms with van der Waals surface area (Å²) in [5.41, 5.74) is 0. The summed E-state index contributed by atoms with van der Waals surface area (Å²) in [6, 6.07) is 0.278. The third kappa shape index (κ3) is 1.14. The van der Waals surface area contributed by atoms with Crippen LogP contribution in [0.2, 0.25) is 0 Å². The average Bonchev–Trinajstić information content (AvgIpc) is 2.14. The zero-order valence-electron chi connectivity index (χ0n) is 4.22. The first kappa shape index (κ1) is 5.06. The summed E-state index contributed by atoms with van der Waals surface area (Å²) in [4.78, 5) is 0. The van der Waals surface area contributed by atoms with E-state index in [2.05, 4.69) is 5.32 Å². The fourth-order valence-corrected chi connectivity index (χ4v) is 0.839. The first-order chi connectivity index (χ1) is 3.43. The minimum Gasteiger partial charge on any atom is -0.389 e. The fourth-order valence-electron chi connectivity index (χ4n) is 0.839. The van der Waals surface area contributed by atoms with Gasteiger partial charge in [-0.05, 0) is 19.4 Å². The van der Waals surface area contributed by atoms with E-state index in [1.165, 1.54) is 13.0 Å². The summed E-state index contributed by atoms with van der Waals surface area (Å²) in [6.45, 7) is 2.29. The minimum atomic E-state index is 0.278. The summed E-state index contributed by atoms with van der Waals surface area (Å²) in [7, 11) is 0. The van der Waals surface area contributed by atoms with Gasteiger partial charge in [-0.25, -0.2) is 0 Å². The third-order valence-electron chi connectivity index (χ3n) is 1.28. The van der Waals surface area contributed by atoms with Gasteiger partial charge in [0.15, 0.2) is 0 Å². The van der Waals surface area contributed by atoms with Crippen molar-refractivity contribution in [2.24, 2.45) is 0 Å². The Bertz CT molecular complexity index is 50.0. The van der Waals surface area contributed by atoms with Crippen molar-refractivity contribution in [2.45, 2.75) is 18.9 Å². The summed E-state index contributed by atoms with van der Waals surface area (Å²) in [6.07, 6.45) is 2.29. The largest absolute Gasteiger partial charge is 0.389 e. The van der Waals surface area contributed by atoms with E-state index in [-0.39, 0.29) is 6.04 Å². The van der Waals surface area contributed by atoms with Crippen LogP contribution in [0.5, 0.6) is 0 Å². The Morgan fingerprint density at radius 3 is 2.86 bits per heavy atom. The lowest BCUT2D eigenvalue weighted by molar-refractivity contribution is 0.341. The summed E-state index contributed by atoms with van der Waals surface area (Å²) >= 11 is 0. The quantitative estimate of drug-likeness (QED) is 0.496. The molecule has 0 aromatic carbocycles. The summed E-state index contributed by atoms with van der Waals surface area (Å²) in [5.74, 6) is 0. The van der Waals surface area contributed by atoms with Crippen LogP contribution in [-0.2, 0) is 0 Å². The highest BCUT2D eigenvalue weighted by Gasteiger charge is 2.11. The number of rotatable bonds is 1. The second-order valence-electron chi connectivity index (χ2n) is 1.85. The summed E-state index contributed by atoms with van der Waals surface area (Å²) < 4.78 is 0. The molecule has 1 fully saturated rings. The van der Waals surface area contributed by atoms with E-state index >= 15 is 0 Å². The monoisotopic (exact) mass is 100 g/mol. The van der Waals surface area contributed by atoms with Gasteiger partial charge in [-0.3, -0.25) is 0 Å². The molecule has 1 aliphatic rings. The van der Waals surface area contributed by atoms with E-state index in [1.54, 1.807) is 0 Å². The molecule has 2 heteroatoms. The molecule has 1 rings (SSSR count). The van der Waals surface area contributed by atoms with Crippen LogP contribution in [0.3, 0.4) is 0 Å². The molecule has 0 aromatic heterocycles. The van der Waals surface area contributed by atoms with Gasteiger partial charge in [0, 0.05) is 6.04 Å². The molecule has 1 radical (unpaired) electrons. The van der Waals surface area contributed by atoms with Gasteiger partial charge in [-0.2, -0.15) is 0 Å². The van der Waals surface area contributed by atoms with Crippen LogP contribution in [0.1, 0.15) is 12.8 Å². The Kier molecular flexibility index (Phi) is 1.65. The first-order valence-corrected chi connectivity index (χ1v) is 2.64. The third-order valence-corrected chi connectivity index (χ3v) is 1.28. The zero-order chi connectivity index (χ0) is 5.11. The Balaban J connectivity index is 2.14. The Morgan fingerprint density at radius 1 is 1.71 bits per heavy atom. The fraction of sp³-hybridized carbons (Fsp3) is 0.800. The topological polar surface area (TPSA) is 32.3 Å². The minimum absolute atomic E-state index is 0.278. The van der Waals surface area contributed by atoms with Crippen LogP contribution < -0.4 is 5.32 Å². The van der Waals surface area contributed by atoms with Gasteiger partial charge in [0.2, 0.25) is 0 Å². The molecule has 7 heavy (non-hydrogen) atoms. The van der Waals surface area contributed by atoms with Crippen molar-refractivity contribution in [1.82, 2.24) is 5.32 Å². The molecular weight excluding hydrogens is 90.1 g/mol. The van der Waals surface area contributed by atoms with Gasteiger partial charge in [0.1, 0.15) is 0 Å². The Morgan fingerprint density at radius 2 is 2.57 bits per heavy atom. The zero-order valence-corrected chi connectivity index (χ0v) is 4.22.